The van der Waals surface area contributed by atoms with Crippen LogP contribution >= 0.6 is 11.6 Å². The Bertz CT molecular complexity index is 449. The van der Waals surface area contributed by atoms with Crippen LogP contribution in [0.3, 0.4) is 0 Å². The summed E-state index contributed by atoms with van der Waals surface area (Å²) in [6.07, 6.45) is 0. The Labute approximate surface area is 86.7 Å². The summed E-state index contributed by atoms with van der Waals surface area (Å²) in [5.74, 6) is -1.11. The molecule has 0 fully saturated rings. The Morgan fingerprint density at radius 1 is 1.50 bits per heavy atom. The van der Waals surface area contributed by atoms with Crippen LogP contribution in [0, 0.1) is 5.82 Å². The second-order valence-electron chi connectivity index (χ2n) is 2.80. The SMILES string of the molecule is O=C1CS(=O)c2cc(F)c(Cl)cc2N1. The molecule has 1 heterocycles. The molecule has 0 saturated carbocycles. The first-order valence-electron chi connectivity index (χ1n) is 3.75. The van der Waals surface area contributed by atoms with Gasteiger partial charge < -0.3 is 5.32 Å². The van der Waals surface area contributed by atoms with Crippen LogP contribution < -0.4 is 5.32 Å². The topological polar surface area (TPSA) is 46.2 Å². The molecular weight excluding hydrogens is 229 g/mol. The largest absolute Gasteiger partial charge is 0.324 e. The van der Waals surface area contributed by atoms with Gasteiger partial charge in [0.25, 0.3) is 0 Å². The van der Waals surface area contributed by atoms with Crippen molar-refractivity contribution < 1.29 is 13.4 Å². The van der Waals surface area contributed by atoms with Crippen LogP contribution in [0.15, 0.2) is 17.0 Å². The standard InChI is InChI=1S/C8H5ClFNO2S/c9-4-1-6-7(2-5(4)10)14(13)3-8(12)11-6/h1-2H,3H2,(H,11,12). The molecule has 1 aliphatic heterocycles. The number of hydrogen-bond donors (Lipinski definition) is 1. The zero-order valence-electron chi connectivity index (χ0n) is 6.84. The van der Waals surface area contributed by atoms with E-state index in [4.69, 9.17) is 11.6 Å². The van der Waals surface area contributed by atoms with Crippen molar-refractivity contribution in [1.29, 1.82) is 0 Å². The van der Waals surface area contributed by atoms with E-state index in [9.17, 15) is 13.4 Å². The molecule has 1 aromatic carbocycles. The molecule has 0 spiro atoms. The molecule has 1 aliphatic rings. The van der Waals surface area contributed by atoms with Gasteiger partial charge >= 0.3 is 0 Å². The van der Waals surface area contributed by atoms with Gasteiger partial charge in [-0.05, 0) is 12.1 Å². The summed E-state index contributed by atoms with van der Waals surface area (Å²) >= 11 is 5.52. The second kappa shape index (κ2) is 3.33. The van der Waals surface area contributed by atoms with E-state index in [1.165, 1.54) is 6.07 Å². The van der Waals surface area contributed by atoms with Gasteiger partial charge in [-0.25, -0.2) is 4.39 Å². The van der Waals surface area contributed by atoms with Gasteiger partial charge in [-0.15, -0.1) is 0 Å². The molecule has 14 heavy (non-hydrogen) atoms. The smallest absolute Gasteiger partial charge is 0.237 e. The van der Waals surface area contributed by atoms with Crippen molar-refractivity contribution in [3.8, 4) is 0 Å². The average molecular weight is 234 g/mol. The molecule has 0 bridgehead atoms. The van der Waals surface area contributed by atoms with Crippen LogP contribution in [0.2, 0.25) is 5.02 Å². The quantitative estimate of drug-likeness (QED) is 0.739. The maximum Gasteiger partial charge on any atom is 0.237 e. The zero-order chi connectivity index (χ0) is 10.3. The average Bonchev–Trinajstić information content (AvgIpc) is 2.08. The number of carbonyl (C=O) groups excluding carboxylic acids is 1. The van der Waals surface area contributed by atoms with Crippen molar-refractivity contribution in [2.75, 3.05) is 11.1 Å². The Morgan fingerprint density at radius 2 is 2.21 bits per heavy atom. The molecule has 0 saturated heterocycles. The summed E-state index contributed by atoms with van der Waals surface area (Å²) in [6.45, 7) is 0. The third-order valence-electron chi connectivity index (χ3n) is 1.80. The van der Waals surface area contributed by atoms with Gasteiger partial charge in [-0.3, -0.25) is 9.00 Å². The Hall–Kier alpha value is -0.940. The molecule has 1 atom stereocenters. The number of nitrogens with one attached hydrogen (secondary N) is 1. The normalized spacial score (nSPS) is 20.1. The molecule has 0 aliphatic carbocycles. The van der Waals surface area contributed by atoms with Crippen LogP contribution in [0.25, 0.3) is 0 Å². The lowest BCUT2D eigenvalue weighted by Crippen LogP contribution is -2.25. The highest BCUT2D eigenvalue weighted by atomic mass is 35.5. The minimum Gasteiger partial charge on any atom is -0.324 e. The van der Waals surface area contributed by atoms with Gasteiger partial charge in [0.2, 0.25) is 5.91 Å². The van der Waals surface area contributed by atoms with Gasteiger partial charge in [0, 0.05) is 0 Å². The molecule has 1 aromatic rings. The lowest BCUT2D eigenvalue weighted by atomic mass is 10.3. The highest BCUT2D eigenvalue weighted by Crippen LogP contribution is 2.29. The summed E-state index contributed by atoms with van der Waals surface area (Å²) in [6, 6.07) is 2.36. The van der Waals surface area contributed by atoms with Crippen LogP contribution in [-0.2, 0) is 15.6 Å². The molecule has 2 rings (SSSR count). The number of carbonyl (C=O) groups is 1. The molecule has 0 aromatic heterocycles. The van der Waals surface area contributed by atoms with Crippen LogP contribution in [0.1, 0.15) is 0 Å². The number of fused-ring (bicyclic) bond motifs is 1. The lowest BCUT2D eigenvalue weighted by molar-refractivity contribution is -0.113. The fraction of sp³-hybridized carbons (Fsp3) is 0.125. The first-order chi connectivity index (χ1) is 6.58. The minimum absolute atomic E-state index is 0.0945. The fourth-order valence-corrected chi connectivity index (χ4v) is 2.42. The molecular formula is C8H5ClFNO2S. The molecule has 0 radical (unpaired) electrons. The lowest BCUT2D eigenvalue weighted by Gasteiger charge is -2.16. The number of halogens is 2. The highest BCUT2D eigenvalue weighted by Gasteiger charge is 2.22. The molecule has 6 heteroatoms. The maximum absolute atomic E-state index is 13.0. The first-order valence-corrected chi connectivity index (χ1v) is 5.45. The van der Waals surface area contributed by atoms with Gasteiger partial charge in [-0.2, -0.15) is 0 Å². The molecule has 1 N–H and O–H groups in total. The van der Waals surface area contributed by atoms with Crippen molar-refractivity contribution in [2.45, 2.75) is 4.90 Å². The number of benzene rings is 1. The highest BCUT2D eigenvalue weighted by molar-refractivity contribution is 7.86. The number of rotatable bonds is 0. The van der Waals surface area contributed by atoms with Crippen molar-refractivity contribution in [3.63, 3.8) is 0 Å². The third kappa shape index (κ3) is 1.53. The zero-order valence-corrected chi connectivity index (χ0v) is 8.41. The monoisotopic (exact) mass is 233 g/mol. The summed E-state index contributed by atoms with van der Waals surface area (Å²) < 4.78 is 24.4. The van der Waals surface area contributed by atoms with E-state index in [2.05, 4.69) is 5.32 Å². The minimum atomic E-state index is -1.47. The predicted molar refractivity (Wildman–Crippen MR) is 51.3 cm³/mol. The number of anilines is 1. The van der Waals surface area contributed by atoms with Crippen molar-refractivity contribution in [3.05, 3.63) is 23.0 Å². The van der Waals surface area contributed by atoms with Crippen molar-refractivity contribution in [1.82, 2.24) is 0 Å². The van der Waals surface area contributed by atoms with Crippen LogP contribution in [-0.4, -0.2) is 15.9 Å². The van der Waals surface area contributed by atoms with E-state index < -0.39 is 16.6 Å². The third-order valence-corrected chi connectivity index (χ3v) is 3.45. The summed E-state index contributed by atoms with van der Waals surface area (Å²) in [5, 5.41) is 2.38. The summed E-state index contributed by atoms with van der Waals surface area (Å²) in [4.78, 5) is 11.3. The summed E-state index contributed by atoms with van der Waals surface area (Å²) in [7, 11) is -1.47. The molecule has 1 amide bonds. The molecule has 3 nitrogen and oxygen atoms in total. The van der Waals surface area contributed by atoms with Gasteiger partial charge in [0.1, 0.15) is 11.6 Å². The second-order valence-corrected chi connectivity index (χ2v) is 4.63. The van der Waals surface area contributed by atoms with Crippen LogP contribution in [0.5, 0.6) is 0 Å². The molecule has 74 valence electrons. The van der Waals surface area contributed by atoms with E-state index in [0.29, 0.717) is 5.69 Å². The van der Waals surface area contributed by atoms with E-state index in [0.717, 1.165) is 6.07 Å². The van der Waals surface area contributed by atoms with Gasteiger partial charge in [-0.1, -0.05) is 11.6 Å². The Morgan fingerprint density at radius 3 is 2.93 bits per heavy atom. The number of amides is 1. The van der Waals surface area contributed by atoms with Crippen molar-refractivity contribution in [2.24, 2.45) is 0 Å². The Kier molecular flexibility index (Phi) is 2.28. The van der Waals surface area contributed by atoms with E-state index >= 15 is 0 Å². The van der Waals surface area contributed by atoms with E-state index in [1.54, 1.807) is 0 Å². The Balaban J connectivity index is 2.60. The van der Waals surface area contributed by atoms with Gasteiger partial charge in [0.05, 0.1) is 26.4 Å². The number of hydrogen-bond acceptors (Lipinski definition) is 2. The first kappa shape index (κ1) is 9.61. The van der Waals surface area contributed by atoms with Crippen LogP contribution in [0.4, 0.5) is 10.1 Å². The van der Waals surface area contributed by atoms with E-state index in [1.807, 2.05) is 0 Å². The fourth-order valence-electron chi connectivity index (χ4n) is 1.20. The van der Waals surface area contributed by atoms with Crippen molar-refractivity contribution >= 4 is 34.0 Å². The maximum atomic E-state index is 13.0. The predicted octanol–water partition coefficient (Wildman–Crippen LogP) is 1.54. The summed E-state index contributed by atoms with van der Waals surface area (Å²) in [5.41, 5.74) is 0.325. The molecule has 1 unspecified atom stereocenters. The van der Waals surface area contributed by atoms with E-state index in [-0.39, 0.29) is 21.6 Å². The van der Waals surface area contributed by atoms with Gasteiger partial charge in [0.15, 0.2) is 0 Å².